The lowest BCUT2D eigenvalue weighted by atomic mass is 10.2. The van der Waals surface area contributed by atoms with Crippen molar-refractivity contribution in [1.29, 1.82) is 0 Å². The summed E-state index contributed by atoms with van der Waals surface area (Å²) in [6.45, 7) is 1.54. The second kappa shape index (κ2) is 8.08. The van der Waals surface area contributed by atoms with Gasteiger partial charge in [-0.15, -0.1) is 0 Å². The maximum Gasteiger partial charge on any atom is 0.213 e. The Hall–Kier alpha value is -1.49. The van der Waals surface area contributed by atoms with Crippen molar-refractivity contribution in [3.8, 4) is 5.88 Å². The van der Waals surface area contributed by atoms with Gasteiger partial charge in [0.25, 0.3) is 0 Å². The summed E-state index contributed by atoms with van der Waals surface area (Å²) in [5.74, 6) is 0.563. The maximum absolute atomic E-state index is 6.12. The lowest BCUT2D eigenvalue weighted by Crippen LogP contribution is -2.06. The molecule has 0 aliphatic heterocycles. The lowest BCUT2D eigenvalue weighted by Gasteiger charge is -2.10. The molecule has 6 heteroatoms. The van der Waals surface area contributed by atoms with Crippen LogP contribution < -0.4 is 10.1 Å². The van der Waals surface area contributed by atoms with E-state index < -0.39 is 0 Å². The highest BCUT2D eigenvalue weighted by Crippen LogP contribution is 2.25. The number of pyridine rings is 1. The van der Waals surface area contributed by atoms with Gasteiger partial charge in [0, 0.05) is 35.3 Å². The van der Waals surface area contributed by atoms with Crippen molar-refractivity contribution in [2.45, 2.75) is 6.54 Å². The van der Waals surface area contributed by atoms with Gasteiger partial charge in [-0.05, 0) is 18.2 Å². The molecule has 0 fully saturated rings. The summed E-state index contributed by atoms with van der Waals surface area (Å²) >= 11 is 12.2. The zero-order chi connectivity index (χ0) is 15.1. The molecule has 0 saturated heterocycles. The third kappa shape index (κ3) is 4.77. The van der Waals surface area contributed by atoms with Gasteiger partial charge < -0.3 is 14.8 Å². The number of ether oxygens (including phenoxy) is 2. The molecule has 0 unspecified atom stereocenters. The van der Waals surface area contributed by atoms with Gasteiger partial charge in [0.05, 0.1) is 18.5 Å². The normalized spacial score (nSPS) is 10.4. The first-order valence-corrected chi connectivity index (χ1v) is 7.21. The molecule has 1 heterocycles. The fourth-order valence-corrected chi connectivity index (χ4v) is 2.22. The van der Waals surface area contributed by atoms with Gasteiger partial charge in [-0.2, -0.15) is 0 Å². The third-order valence-corrected chi connectivity index (χ3v) is 3.51. The van der Waals surface area contributed by atoms with Crippen LogP contribution in [0.1, 0.15) is 5.56 Å². The first-order valence-electron chi connectivity index (χ1n) is 6.45. The predicted octanol–water partition coefficient (Wildman–Crippen LogP) is 4.03. The highest BCUT2D eigenvalue weighted by Gasteiger charge is 2.05. The Kier molecular flexibility index (Phi) is 6.11. The van der Waals surface area contributed by atoms with Crippen LogP contribution in [0.25, 0.3) is 0 Å². The van der Waals surface area contributed by atoms with Crippen molar-refractivity contribution in [3.63, 3.8) is 0 Å². The van der Waals surface area contributed by atoms with E-state index in [-0.39, 0.29) is 0 Å². The summed E-state index contributed by atoms with van der Waals surface area (Å²) in [5, 5.41) is 4.51. The molecule has 1 N–H and O–H groups in total. The molecule has 0 saturated carbocycles. The Morgan fingerprint density at radius 2 is 1.86 bits per heavy atom. The standard InChI is InChI=1S/C15H16Cl2N2O2/c1-20-7-8-21-15-6-5-11(9-19-15)18-10-12-13(16)3-2-4-14(12)17/h2-6,9,18H,7-8,10H2,1H3. The summed E-state index contributed by atoms with van der Waals surface area (Å²) in [5.41, 5.74) is 1.73. The highest BCUT2D eigenvalue weighted by molar-refractivity contribution is 6.36. The summed E-state index contributed by atoms with van der Waals surface area (Å²) in [7, 11) is 1.63. The molecule has 0 spiro atoms. The number of hydrogen-bond acceptors (Lipinski definition) is 4. The molecule has 4 nitrogen and oxygen atoms in total. The number of halogens is 2. The number of benzene rings is 1. The molecule has 1 aromatic heterocycles. The van der Waals surface area contributed by atoms with Gasteiger partial charge in [-0.1, -0.05) is 29.3 Å². The second-order valence-corrected chi connectivity index (χ2v) is 5.09. The van der Waals surface area contributed by atoms with Crippen molar-refractivity contribution in [2.75, 3.05) is 25.6 Å². The topological polar surface area (TPSA) is 43.4 Å². The zero-order valence-corrected chi connectivity index (χ0v) is 13.1. The summed E-state index contributed by atoms with van der Waals surface area (Å²) in [6.07, 6.45) is 1.70. The Morgan fingerprint density at radius 1 is 1.10 bits per heavy atom. The molecule has 0 amide bonds. The zero-order valence-electron chi connectivity index (χ0n) is 11.6. The largest absolute Gasteiger partial charge is 0.475 e. The third-order valence-electron chi connectivity index (χ3n) is 2.80. The van der Waals surface area contributed by atoms with E-state index in [1.807, 2.05) is 24.3 Å². The van der Waals surface area contributed by atoms with Crippen molar-refractivity contribution in [2.24, 2.45) is 0 Å². The number of nitrogens with one attached hydrogen (secondary N) is 1. The molecule has 0 bridgehead atoms. The fraction of sp³-hybridized carbons (Fsp3) is 0.267. The SMILES string of the molecule is COCCOc1ccc(NCc2c(Cl)cccc2Cl)cn1. The Morgan fingerprint density at radius 3 is 2.48 bits per heavy atom. The van der Waals surface area contributed by atoms with Crippen LogP contribution in [-0.4, -0.2) is 25.3 Å². The van der Waals surface area contributed by atoms with Crippen LogP contribution in [0, 0.1) is 0 Å². The average Bonchev–Trinajstić information content (AvgIpc) is 2.48. The van der Waals surface area contributed by atoms with Gasteiger partial charge in [0.2, 0.25) is 5.88 Å². The van der Waals surface area contributed by atoms with Crippen molar-refractivity contribution in [1.82, 2.24) is 4.98 Å². The fourth-order valence-electron chi connectivity index (χ4n) is 1.69. The Bertz CT molecular complexity index is 556. The van der Waals surface area contributed by atoms with Crippen LogP contribution in [0.4, 0.5) is 5.69 Å². The number of rotatable bonds is 7. The first-order chi connectivity index (χ1) is 10.2. The minimum atomic E-state index is 0.478. The number of hydrogen-bond donors (Lipinski definition) is 1. The van der Waals surface area contributed by atoms with Crippen LogP contribution in [0.5, 0.6) is 5.88 Å². The molecule has 21 heavy (non-hydrogen) atoms. The monoisotopic (exact) mass is 326 g/mol. The Labute approximate surface area is 134 Å². The van der Waals surface area contributed by atoms with E-state index in [9.17, 15) is 0 Å². The van der Waals surface area contributed by atoms with Crippen LogP contribution in [0.3, 0.4) is 0 Å². The van der Waals surface area contributed by atoms with Gasteiger partial charge in [-0.25, -0.2) is 4.98 Å². The van der Waals surface area contributed by atoms with E-state index in [1.54, 1.807) is 19.4 Å². The van der Waals surface area contributed by atoms with E-state index in [4.69, 9.17) is 32.7 Å². The Balaban J connectivity index is 1.92. The first kappa shape index (κ1) is 15.9. The summed E-state index contributed by atoms with van der Waals surface area (Å²) in [4.78, 5) is 4.20. The molecule has 0 atom stereocenters. The maximum atomic E-state index is 6.12. The van der Waals surface area contributed by atoms with Crippen molar-refractivity contribution in [3.05, 3.63) is 52.1 Å². The molecule has 0 radical (unpaired) electrons. The summed E-state index contributed by atoms with van der Waals surface area (Å²) in [6, 6.07) is 9.14. The molecule has 2 aromatic rings. The van der Waals surface area contributed by atoms with Crippen LogP contribution in [0.15, 0.2) is 36.5 Å². The van der Waals surface area contributed by atoms with Crippen LogP contribution in [-0.2, 0) is 11.3 Å². The van der Waals surface area contributed by atoms with E-state index in [0.29, 0.717) is 35.7 Å². The number of nitrogens with zero attached hydrogens (tertiary/aromatic N) is 1. The van der Waals surface area contributed by atoms with E-state index >= 15 is 0 Å². The van der Waals surface area contributed by atoms with Crippen molar-refractivity contribution >= 4 is 28.9 Å². The van der Waals surface area contributed by atoms with Gasteiger partial charge in [0.1, 0.15) is 6.61 Å². The smallest absolute Gasteiger partial charge is 0.213 e. The van der Waals surface area contributed by atoms with Gasteiger partial charge in [-0.3, -0.25) is 0 Å². The molecular formula is C15H16Cl2N2O2. The van der Waals surface area contributed by atoms with Crippen LogP contribution in [0.2, 0.25) is 10.0 Å². The minimum absolute atomic E-state index is 0.478. The van der Waals surface area contributed by atoms with Crippen LogP contribution >= 0.6 is 23.2 Å². The number of anilines is 1. The van der Waals surface area contributed by atoms with E-state index in [2.05, 4.69) is 10.3 Å². The molecule has 2 rings (SSSR count). The van der Waals surface area contributed by atoms with Gasteiger partial charge >= 0.3 is 0 Å². The average molecular weight is 327 g/mol. The minimum Gasteiger partial charge on any atom is -0.475 e. The molecule has 0 aliphatic carbocycles. The summed E-state index contributed by atoms with van der Waals surface area (Å²) < 4.78 is 10.3. The molecule has 112 valence electrons. The highest BCUT2D eigenvalue weighted by atomic mass is 35.5. The van der Waals surface area contributed by atoms with Gasteiger partial charge in [0.15, 0.2) is 0 Å². The molecule has 1 aromatic carbocycles. The second-order valence-electron chi connectivity index (χ2n) is 4.28. The lowest BCUT2D eigenvalue weighted by molar-refractivity contribution is 0.144. The number of methoxy groups -OCH3 is 1. The molecular weight excluding hydrogens is 311 g/mol. The number of aromatic nitrogens is 1. The predicted molar refractivity (Wildman–Crippen MR) is 85.4 cm³/mol. The van der Waals surface area contributed by atoms with E-state index in [0.717, 1.165) is 11.3 Å². The van der Waals surface area contributed by atoms with E-state index in [1.165, 1.54) is 0 Å². The quantitative estimate of drug-likeness (QED) is 0.780. The van der Waals surface area contributed by atoms with Crippen molar-refractivity contribution < 1.29 is 9.47 Å². The molecule has 0 aliphatic rings.